The zero-order chi connectivity index (χ0) is 20.8. The van der Waals surface area contributed by atoms with Gasteiger partial charge < -0.3 is 10.6 Å². The fraction of sp³-hybridized carbons (Fsp3) is 0.150. The number of halogens is 1. The highest BCUT2D eigenvalue weighted by atomic mass is 35.5. The summed E-state index contributed by atoms with van der Waals surface area (Å²) < 4.78 is 1.08. The molecule has 0 spiro atoms. The first-order valence-corrected chi connectivity index (χ1v) is 9.16. The van der Waals surface area contributed by atoms with Gasteiger partial charge >= 0.3 is 0 Å². The van der Waals surface area contributed by atoms with Crippen LogP contribution < -0.4 is 16.2 Å². The molecular formula is C20H18ClN5O3. The minimum atomic E-state index is -0.447. The van der Waals surface area contributed by atoms with E-state index in [0.29, 0.717) is 16.5 Å². The van der Waals surface area contributed by atoms with Gasteiger partial charge in [-0.3, -0.25) is 14.4 Å². The molecule has 0 fully saturated rings. The van der Waals surface area contributed by atoms with Crippen LogP contribution in [0.3, 0.4) is 0 Å². The summed E-state index contributed by atoms with van der Waals surface area (Å²) >= 11 is 5.75. The van der Waals surface area contributed by atoms with Gasteiger partial charge in [-0.1, -0.05) is 29.3 Å². The number of amides is 2. The fourth-order valence-corrected chi connectivity index (χ4v) is 2.54. The Balaban J connectivity index is 1.63. The number of hydrogen-bond acceptors (Lipinski definition) is 5. The summed E-state index contributed by atoms with van der Waals surface area (Å²) in [6.45, 7) is 1.96. The molecule has 2 aromatic heterocycles. The number of rotatable bonds is 6. The molecule has 148 valence electrons. The number of aryl methyl sites for hydroxylation is 2. The van der Waals surface area contributed by atoms with Crippen LogP contribution in [-0.4, -0.2) is 26.6 Å². The average Bonchev–Trinajstić information content (AvgIpc) is 2.71. The van der Waals surface area contributed by atoms with Gasteiger partial charge in [0.15, 0.2) is 0 Å². The summed E-state index contributed by atoms with van der Waals surface area (Å²) in [5.41, 5.74) is 1.36. The molecule has 2 N–H and O–H groups in total. The number of hydrogen-bond donors (Lipinski definition) is 2. The van der Waals surface area contributed by atoms with E-state index < -0.39 is 11.5 Å². The van der Waals surface area contributed by atoms with Gasteiger partial charge in [-0.25, -0.2) is 9.67 Å². The van der Waals surface area contributed by atoms with Crippen LogP contribution in [0.25, 0.3) is 0 Å². The predicted molar refractivity (Wildman–Crippen MR) is 110 cm³/mol. The molecule has 29 heavy (non-hydrogen) atoms. The first-order chi connectivity index (χ1) is 13.9. The lowest BCUT2D eigenvalue weighted by Gasteiger charge is -2.08. The van der Waals surface area contributed by atoms with E-state index in [1.165, 1.54) is 18.3 Å². The van der Waals surface area contributed by atoms with Gasteiger partial charge in [0.1, 0.15) is 11.5 Å². The van der Waals surface area contributed by atoms with E-state index in [9.17, 15) is 14.4 Å². The van der Waals surface area contributed by atoms with Crippen LogP contribution in [-0.2, 0) is 11.3 Å². The molecule has 0 aliphatic rings. The number of aromatic nitrogens is 3. The van der Waals surface area contributed by atoms with Crippen LogP contribution in [0.15, 0.2) is 59.5 Å². The zero-order valence-electron chi connectivity index (χ0n) is 15.6. The smallest absolute Gasteiger partial charge is 0.276 e. The third kappa shape index (κ3) is 5.73. The summed E-state index contributed by atoms with van der Waals surface area (Å²) in [5.74, 6) is -0.439. The maximum atomic E-state index is 12.4. The van der Waals surface area contributed by atoms with Crippen molar-refractivity contribution in [2.45, 2.75) is 19.9 Å². The lowest BCUT2D eigenvalue weighted by molar-refractivity contribution is -0.116. The van der Waals surface area contributed by atoms with E-state index in [-0.39, 0.29) is 24.6 Å². The van der Waals surface area contributed by atoms with Crippen LogP contribution in [0.2, 0.25) is 5.02 Å². The van der Waals surface area contributed by atoms with E-state index in [1.54, 1.807) is 24.3 Å². The Morgan fingerprint density at radius 1 is 1.03 bits per heavy atom. The zero-order valence-corrected chi connectivity index (χ0v) is 16.3. The number of carbonyl (C=O) groups is 2. The Morgan fingerprint density at radius 3 is 2.48 bits per heavy atom. The summed E-state index contributed by atoms with van der Waals surface area (Å²) in [4.78, 5) is 40.4. The highest BCUT2D eigenvalue weighted by Gasteiger charge is 2.11. The molecule has 0 bridgehead atoms. The van der Waals surface area contributed by atoms with E-state index >= 15 is 0 Å². The molecule has 0 aliphatic heterocycles. The molecule has 0 radical (unpaired) electrons. The van der Waals surface area contributed by atoms with Crippen LogP contribution in [0.5, 0.6) is 0 Å². The van der Waals surface area contributed by atoms with E-state index in [1.807, 2.05) is 19.1 Å². The number of pyridine rings is 1. The van der Waals surface area contributed by atoms with Gasteiger partial charge in [0.05, 0.1) is 11.6 Å². The second-order valence-corrected chi connectivity index (χ2v) is 6.70. The minimum absolute atomic E-state index is 0.0136. The maximum absolute atomic E-state index is 12.4. The predicted octanol–water partition coefficient (Wildman–Crippen LogP) is 2.88. The standard InChI is InChI=1S/C20H18ClN5O3/c1-13-2-5-15(6-3-13)23-20(29)16-7-9-19(28)26(25-16)11-10-18(27)24-17-8-4-14(21)12-22-17/h2-9,12H,10-11H2,1H3,(H,23,29)(H,22,24,27). The largest absolute Gasteiger partial charge is 0.321 e. The Labute approximate surface area is 171 Å². The highest BCUT2D eigenvalue weighted by Crippen LogP contribution is 2.11. The molecule has 0 unspecified atom stereocenters. The Kier molecular flexibility index (Phi) is 6.36. The van der Waals surface area contributed by atoms with Crippen molar-refractivity contribution >= 4 is 34.9 Å². The molecule has 0 saturated heterocycles. The third-order valence-corrected chi connectivity index (χ3v) is 4.18. The van der Waals surface area contributed by atoms with Crippen molar-refractivity contribution < 1.29 is 9.59 Å². The number of carbonyl (C=O) groups excluding carboxylic acids is 2. The second-order valence-electron chi connectivity index (χ2n) is 6.26. The van der Waals surface area contributed by atoms with E-state index in [2.05, 4.69) is 20.7 Å². The number of anilines is 2. The van der Waals surface area contributed by atoms with Gasteiger partial charge in [0, 0.05) is 24.4 Å². The van der Waals surface area contributed by atoms with Crippen molar-refractivity contribution in [1.29, 1.82) is 0 Å². The molecule has 8 nitrogen and oxygen atoms in total. The molecule has 2 amide bonds. The third-order valence-electron chi connectivity index (χ3n) is 3.95. The molecular weight excluding hydrogens is 394 g/mol. The molecule has 0 atom stereocenters. The first kappa shape index (κ1) is 20.2. The number of nitrogens with zero attached hydrogens (tertiary/aromatic N) is 3. The van der Waals surface area contributed by atoms with Crippen molar-refractivity contribution in [3.8, 4) is 0 Å². The summed E-state index contributed by atoms with van der Waals surface area (Å²) in [5, 5.41) is 9.83. The monoisotopic (exact) mass is 411 g/mol. The highest BCUT2D eigenvalue weighted by molar-refractivity contribution is 6.30. The van der Waals surface area contributed by atoms with Gasteiger partial charge in [-0.2, -0.15) is 5.10 Å². The van der Waals surface area contributed by atoms with Crippen LogP contribution in [0.1, 0.15) is 22.5 Å². The molecule has 3 rings (SSSR count). The Bertz CT molecular complexity index is 1080. The Morgan fingerprint density at radius 2 is 1.79 bits per heavy atom. The maximum Gasteiger partial charge on any atom is 0.276 e. The van der Waals surface area contributed by atoms with E-state index in [0.717, 1.165) is 10.2 Å². The van der Waals surface area contributed by atoms with Crippen LogP contribution in [0.4, 0.5) is 11.5 Å². The van der Waals surface area contributed by atoms with Gasteiger partial charge in [-0.15, -0.1) is 0 Å². The van der Waals surface area contributed by atoms with Gasteiger partial charge in [0.25, 0.3) is 11.5 Å². The number of benzene rings is 1. The fourth-order valence-electron chi connectivity index (χ4n) is 2.42. The van der Waals surface area contributed by atoms with Gasteiger partial charge in [-0.05, 0) is 37.3 Å². The average molecular weight is 412 g/mol. The van der Waals surface area contributed by atoms with Crippen molar-refractivity contribution in [3.63, 3.8) is 0 Å². The summed E-state index contributed by atoms with van der Waals surface area (Å²) in [7, 11) is 0. The summed E-state index contributed by atoms with van der Waals surface area (Å²) in [6, 6.07) is 13.1. The van der Waals surface area contributed by atoms with Crippen LogP contribution >= 0.6 is 11.6 Å². The quantitative estimate of drug-likeness (QED) is 0.648. The first-order valence-electron chi connectivity index (χ1n) is 8.78. The molecule has 0 aliphatic carbocycles. The lowest BCUT2D eigenvalue weighted by atomic mass is 10.2. The normalized spacial score (nSPS) is 10.4. The van der Waals surface area contributed by atoms with Crippen molar-refractivity contribution in [2.24, 2.45) is 0 Å². The van der Waals surface area contributed by atoms with Crippen molar-refractivity contribution in [2.75, 3.05) is 10.6 Å². The van der Waals surface area contributed by atoms with E-state index in [4.69, 9.17) is 11.6 Å². The van der Waals surface area contributed by atoms with Crippen molar-refractivity contribution in [3.05, 3.63) is 81.4 Å². The SMILES string of the molecule is Cc1ccc(NC(=O)c2ccc(=O)n(CCC(=O)Nc3ccc(Cl)cn3)n2)cc1. The van der Waals surface area contributed by atoms with Crippen LogP contribution in [0, 0.1) is 6.92 Å². The molecule has 0 saturated carbocycles. The van der Waals surface area contributed by atoms with Crippen molar-refractivity contribution in [1.82, 2.24) is 14.8 Å². The lowest BCUT2D eigenvalue weighted by Crippen LogP contribution is -2.28. The number of nitrogens with one attached hydrogen (secondary N) is 2. The summed E-state index contributed by atoms with van der Waals surface area (Å²) in [6.07, 6.45) is 1.40. The second kappa shape index (κ2) is 9.11. The molecule has 9 heteroatoms. The topological polar surface area (TPSA) is 106 Å². The molecule has 1 aromatic carbocycles. The molecule has 2 heterocycles. The molecule has 3 aromatic rings. The minimum Gasteiger partial charge on any atom is -0.321 e. The Hall–Kier alpha value is -3.52. The van der Waals surface area contributed by atoms with Gasteiger partial charge in [0.2, 0.25) is 5.91 Å².